The zero-order chi connectivity index (χ0) is 14.4. The number of carbonyl (C=O) groups is 1. The summed E-state index contributed by atoms with van der Waals surface area (Å²) in [6.07, 6.45) is 0.729. The number of rotatable bonds is 5. The van der Waals surface area contributed by atoms with E-state index in [-0.39, 0.29) is 11.9 Å². The number of benzene rings is 2. The Morgan fingerprint density at radius 3 is 2.50 bits per heavy atom. The van der Waals surface area contributed by atoms with Crippen molar-refractivity contribution in [2.24, 2.45) is 0 Å². The molecule has 0 amide bonds. The minimum absolute atomic E-state index is 0.205. The van der Waals surface area contributed by atoms with E-state index in [1.54, 1.807) is 11.8 Å². The van der Waals surface area contributed by atoms with Crippen LogP contribution in [-0.4, -0.2) is 22.6 Å². The molecule has 98 valence electrons. The third kappa shape index (κ3) is 3.89. The summed E-state index contributed by atoms with van der Waals surface area (Å²) in [6.45, 7) is 1.99. The van der Waals surface area contributed by atoms with Crippen molar-refractivity contribution in [1.82, 2.24) is 0 Å². The number of hydrogen-bond donors (Lipinski definition) is 0. The fourth-order valence-corrected chi connectivity index (χ4v) is 3.11. The Hall–Kier alpha value is -1.21. The molecule has 0 aliphatic heterocycles. The van der Waals surface area contributed by atoms with Gasteiger partial charge in [0, 0.05) is 0 Å². The van der Waals surface area contributed by atoms with Crippen LogP contribution in [0.4, 0.5) is 0 Å². The van der Waals surface area contributed by atoms with Crippen LogP contribution in [0.3, 0.4) is 0 Å². The molecule has 20 heavy (non-hydrogen) atoms. The molecule has 1 atom stereocenters. The standard InChI is InChI=1S/C16H16O2S.Al/c1-2-15(16(17)18)12-7-6-10-14(11-12)19-13-8-4-3-5-9-13;/h3-11,15H,2H2,1H3,(H,17,18);/q;+3/p-1. The van der Waals surface area contributed by atoms with E-state index in [0.717, 1.165) is 16.9 Å². The number of hydrogen-bond acceptors (Lipinski definition) is 3. The van der Waals surface area contributed by atoms with Gasteiger partial charge in [0.2, 0.25) is 0 Å². The van der Waals surface area contributed by atoms with Crippen molar-refractivity contribution in [2.75, 3.05) is 0 Å². The molecule has 0 fully saturated rings. The summed E-state index contributed by atoms with van der Waals surface area (Å²) in [5.41, 5.74) is 1.00. The van der Waals surface area contributed by atoms with Crippen molar-refractivity contribution in [2.45, 2.75) is 29.1 Å². The third-order valence-electron chi connectivity index (χ3n) is 3.05. The summed E-state index contributed by atoms with van der Waals surface area (Å²) >= 11 is 3.72. The van der Waals surface area contributed by atoms with Crippen molar-refractivity contribution in [1.29, 1.82) is 0 Å². The van der Waals surface area contributed by atoms with Crippen molar-refractivity contribution in [3.05, 3.63) is 60.2 Å². The summed E-state index contributed by atoms with van der Waals surface area (Å²) < 4.78 is 4.79. The second-order valence-corrected chi connectivity index (χ2v) is 5.77. The van der Waals surface area contributed by atoms with Crippen LogP contribution in [0.2, 0.25) is 0 Å². The Balaban J connectivity index is 2.21. The molecule has 0 radical (unpaired) electrons. The predicted octanol–water partition coefficient (Wildman–Crippen LogP) is 3.96. The van der Waals surface area contributed by atoms with E-state index < -0.39 is 0 Å². The molecule has 2 aromatic carbocycles. The van der Waals surface area contributed by atoms with E-state index in [4.69, 9.17) is 3.79 Å². The van der Waals surface area contributed by atoms with Gasteiger partial charge in [0.05, 0.1) is 0 Å². The predicted molar refractivity (Wildman–Crippen MR) is 81.9 cm³/mol. The minimum atomic E-state index is -0.209. The molecule has 0 heterocycles. The maximum absolute atomic E-state index is 11.8. The van der Waals surface area contributed by atoms with Gasteiger partial charge in [-0.3, -0.25) is 0 Å². The summed E-state index contributed by atoms with van der Waals surface area (Å²) in [5.74, 6) is -0.414. The van der Waals surface area contributed by atoms with Gasteiger partial charge < -0.3 is 0 Å². The molecule has 0 spiro atoms. The topological polar surface area (TPSA) is 26.3 Å². The van der Waals surface area contributed by atoms with Gasteiger partial charge in [0.25, 0.3) is 0 Å². The van der Waals surface area contributed by atoms with Crippen LogP contribution in [-0.2, 0) is 8.58 Å². The van der Waals surface area contributed by atoms with E-state index in [0.29, 0.717) is 0 Å². The Labute approximate surface area is 132 Å². The van der Waals surface area contributed by atoms with Gasteiger partial charge in [-0.05, 0) is 0 Å². The first-order chi connectivity index (χ1) is 9.74. The van der Waals surface area contributed by atoms with Gasteiger partial charge in [-0.25, -0.2) is 0 Å². The van der Waals surface area contributed by atoms with Crippen LogP contribution in [0.25, 0.3) is 0 Å². The van der Waals surface area contributed by atoms with Crippen molar-refractivity contribution >= 4 is 34.4 Å². The molecule has 0 saturated heterocycles. The molecule has 1 unspecified atom stereocenters. The number of carbonyl (C=O) groups excluding carboxylic acids is 1. The van der Waals surface area contributed by atoms with E-state index in [1.807, 2.05) is 53.9 Å². The molecule has 0 aromatic heterocycles. The van der Waals surface area contributed by atoms with Crippen LogP contribution in [0.5, 0.6) is 0 Å². The molecule has 0 N–H and O–H groups in total. The molecule has 0 saturated carbocycles. The zero-order valence-electron chi connectivity index (χ0n) is 11.3. The summed E-state index contributed by atoms with van der Waals surface area (Å²) in [6, 6.07) is 18.3. The van der Waals surface area contributed by atoms with Gasteiger partial charge in [0.1, 0.15) is 0 Å². The molecule has 2 nitrogen and oxygen atoms in total. The Morgan fingerprint density at radius 1 is 1.15 bits per heavy atom. The Kier molecular flexibility index (Phi) is 5.73. The molecule has 2 aromatic rings. The van der Waals surface area contributed by atoms with E-state index >= 15 is 0 Å². The van der Waals surface area contributed by atoms with Crippen LogP contribution >= 0.6 is 11.8 Å². The quantitative estimate of drug-likeness (QED) is 0.782. The van der Waals surface area contributed by atoms with E-state index in [1.165, 1.54) is 4.90 Å². The first-order valence-corrected chi connectivity index (χ1v) is 7.76. The summed E-state index contributed by atoms with van der Waals surface area (Å²) in [5, 5.41) is 0. The van der Waals surface area contributed by atoms with E-state index in [9.17, 15) is 4.79 Å². The van der Waals surface area contributed by atoms with Gasteiger partial charge >= 0.3 is 132 Å². The van der Waals surface area contributed by atoms with Crippen LogP contribution < -0.4 is 0 Å². The normalized spacial score (nSPS) is 11.9. The average molecular weight is 298 g/mol. The summed E-state index contributed by atoms with van der Waals surface area (Å²) in [4.78, 5) is 14.1. The Bertz CT molecular complexity index is 572. The summed E-state index contributed by atoms with van der Waals surface area (Å²) in [7, 11) is 0. The zero-order valence-corrected chi connectivity index (χ0v) is 13.3. The molecule has 0 bridgehead atoms. The molecule has 2 rings (SSSR count). The first-order valence-electron chi connectivity index (χ1n) is 6.48. The first kappa shape index (κ1) is 15.2. The van der Waals surface area contributed by atoms with E-state index in [2.05, 4.69) is 24.3 Å². The SMILES string of the molecule is CCC(C(=O)[O][Al+2])c1cccc(Sc2ccccc2)c1. The Morgan fingerprint density at radius 2 is 1.85 bits per heavy atom. The average Bonchev–Trinajstić information content (AvgIpc) is 2.49. The van der Waals surface area contributed by atoms with Crippen LogP contribution in [0.15, 0.2) is 64.4 Å². The monoisotopic (exact) mass is 298 g/mol. The molecular weight excluding hydrogens is 283 g/mol. The van der Waals surface area contributed by atoms with Gasteiger partial charge in [-0.2, -0.15) is 0 Å². The second kappa shape index (κ2) is 7.54. The van der Waals surface area contributed by atoms with Crippen molar-refractivity contribution < 1.29 is 8.58 Å². The molecule has 4 heteroatoms. The van der Waals surface area contributed by atoms with Gasteiger partial charge in [0.15, 0.2) is 0 Å². The third-order valence-corrected chi connectivity index (χ3v) is 4.28. The van der Waals surface area contributed by atoms with Crippen LogP contribution in [0, 0.1) is 0 Å². The van der Waals surface area contributed by atoms with Gasteiger partial charge in [-0.1, -0.05) is 0 Å². The van der Waals surface area contributed by atoms with Gasteiger partial charge in [-0.15, -0.1) is 0 Å². The fourth-order valence-electron chi connectivity index (χ4n) is 2.04. The molecule has 0 aliphatic rings. The molecular formula is C16H15AlO2S+2. The fraction of sp³-hybridized carbons (Fsp3) is 0.188. The van der Waals surface area contributed by atoms with Crippen LogP contribution in [0.1, 0.15) is 24.8 Å². The van der Waals surface area contributed by atoms with Crippen molar-refractivity contribution in [3.63, 3.8) is 0 Å². The second-order valence-electron chi connectivity index (χ2n) is 4.39. The maximum atomic E-state index is 11.8. The molecule has 0 aliphatic carbocycles. The van der Waals surface area contributed by atoms with Crippen molar-refractivity contribution in [3.8, 4) is 0 Å².